The van der Waals surface area contributed by atoms with Gasteiger partial charge in [0.05, 0.1) is 11.0 Å². The van der Waals surface area contributed by atoms with E-state index in [-0.39, 0.29) is 0 Å². The van der Waals surface area contributed by atoms with Crippen LogP contribution in [0.3, 0.4) is 0 Å². The van der Waals surface area contributed by atoms with Crippen molar-refractivity contribution in [3.8, 4) is 55.9 Å². The Bertz CT molecular complexity index is 3300. The normalized spacial score (nSPS) is 11.7. The van der Waals surface area contributed by atoms with Gasteiger partial charge in [-0.05, 0) is 118 Å². The van der Waals surface area contributed by atoms with E-state index >= 15 is 0 Å². The lowest BCUT2D eigenvalue weighted by Gasteiger charge is -2.19. The highest BCUT2D eigenvalue weighted by molar-refractivity contribution is 6.22. The predicted octanol–water partition coefficient (Wildman–Crippen LogP) is 14.5. The third-order valence-electron chi connectivity index (χ3n) is 11.6. The number of hydrogen-bond acceptors (Lipinski definition) is 1. The van der Waals surface area contributed by atoms with Gasteiger partial charge in [-0.15, -0.1) is 0 Å². The largest absolute Gasteiger partial charge is 0.327 e. The first-order valence-electron chi connectivity index (χ1n) is 19.3. The number of rotatable bonds is 5. The Labute approximate surface area is 325 Å². The molecule has 0 aliphatic carbocycles. The summed E-state index contributed by atoms with van der Waals surface area (Å²) in [4.78, 5) is 5.04. The van der Waals surface area contributed by atoms with Crippen LogP contribution in [0, 0.1) is 0 Å². The lowest BCUT2D eigenvalue weighted by Crippen LogP contribution is -1.92. The Hall–Kier alpha value is -7.29. The highest BCUT2D eigenvalue weighted by atomic mass is 15.1. The molecule has 0 aliphatic rings. The Kier molecular flexibility index (Phi) is 7.43. The molecule has 0 aliphatic heterocycles. The molecule has 56 heavy (non-hydrogen) atoms. The zero-order valence-electron chi connectivity index (χ0n) is 30.9. The quantitative estimate of drug-likeness (QED) is 0.162. The number of aryl methyl sites for hydroxylation is 1. The second-order valence-electron chi connectivity index (χ2n) is 14.8. The van der Waals surface area contributed by atoms with Crippen LogP contribution in [-0.4, -0.2) is 9.55 Å². The highest BCUT2D eigenvalue weighted by Crippen LogP contribution is 2.46. The highest BCUT2D eigenvalue weighted by Gasteiger charge is 2.18. The van der Waals surface area contributed by atoms with Gasteiger partial charge >= 0.3 is 0 Å². The van der Waals surface area contributed by atoms with Crippen LogP contribution in [-0.2, 0) is 7.05 Å². The summed E-state index contributed by atoms with van der Waals surface area (Å²) in [6.07, 6.45) is 0. The second kappa shape index (κ2) is 12.9. The molecule has 0 unspecified atom stereocenters. The molecule has 0 amide bonds. The van der Waals surface area contributed by atoms with Crippen molar-refractivity contribution in [1.82, 2.24) is 9.55 Å². The van der Waals surface area contributed by atoms with Crippen molar-refractivity contribution in [1.29, 1.82) is 0 Å². The van der Waals surface area contributed by atoms with Gasteiger partial charge in [-0.1, -0.05) is 170 Å². The lowest BCUT2D eigenvalue weighted by atomic mass is 9.84. The van der Waals surface area contributed by atoms with E-state index in [1.807, 2.05) is 6.07 Å². The second-order valence-corrected chi connectivity index (χ2v) is 14.8. The Balaban J connectivity index is 1.07. The van der Waals surface area contributed by atoms with Crippen molar-refractivity contribution >= 4 is 54.1 Å². The van der Waals surface area contributed by atoms with Crippen molar-refractivity contribution in [2.24, 2.45) is 7.05 Å². The molecule has 11 aromatic rings. The molecule has 1 aromatic heterocycles. The molecule has 2 heteroatoms. The fourth-order valence-electron chi connectivity index (χ4n) is 8.75. The average Bonchev–Trinajstić information content (AvgIpc) is 3.60. The molecule has 2 nitrogen and oxygen atoms in total. The number of hydrogen-bond donors (Lipinski definition) is 0. The molecule has 0 bridgehead atoms. The van der Waals surface area contributed by atoms with Crippen LogP contribution >= 0.6 is 0 Å². The van der Waals surface area contributed by atoms with Crippen LogP contribution < -0.4 is 0 Å². The first kappa shape index (κ1) is 32.2. The molecular weight excluding hydrogens is 677 g/mol. The minimum atomic E-state index is 0.976. The standard InChI is InChI=1S/C54H36N2/c1-56-51-30-28-43(34-50(51)55-54(56)39-13-3-2-4-14-39)38-21-19-37(20-22-38)42-27-29-48-49(33-42)53(45-26-24-36-12-6-8-16-41(36)32-45)47-18-10-9-17-46(47)52(48)44-25-23-35-11-5-7-15-40(35)31-44/h2-34H,1H3. The summed E-state index contributed by atoms with van der Waals surface area (Å²) in [7, 11) is 2.09. The van der Waals surface area contributed by atoms with Crippen molar-refractivity contribution in [3.63, 3.8) is 0 Å². The molecule has 0 radical (unpaired) electrons. The molecule has 262 valence electrons. The molecule has 0 atom stereocenters. The number of fused-ring (bicyclic) bond motifs is 5. The van der Waals surface area contributed by atoms with Crippen molar-refractivity contribution in [2.75, 3.05) is 0 Å². The predicted molar refractivity (Wildman–Crippen MR) is 238 cm³/mol. The molecule has 1 heterocycles. The fraction of sp³-hybridized carbons (Fsp3) is 0.0185. The summed E-state index contributed by atoms with van der Waals surface area (Å²) in [5, 5.41) is 10.0. The molecule has 0 fully saturated rings. The molecule has 0 N–H and O–H groups in total. The zero-order valence-corrected chi connectivity index (χ0v) is 30.9. The Morgan fingerprint density at radius 1 is 0.321 bits per heavy atom. The third kappa shape index (κ3) is 5.30. The van der Waals surface area contributed by atoms with Gasteiger partial charge in [0.15, 0.2) is 0 Å². The molecule has 0 saturated heterocycles. The van der Waals surface area contributed by atoms with E-state index in [9.17, 15) is 0 Å². The maximum atomic E-state index is 5.04. The van der Waals surface area contributed by atoms with E-state index in [0.29, 0.717) is 0 Å². The van der Waals surface area contributed by atoms with Gasteiger partial charge in [-0.3, -0.25) is 0 Å². The van der Waals surface area contributed by atoms with E-state index in [0.717, 1.165) is 28.0 Å². The summed E-state index contributed by atoms with van der Waals surface area (Å²) in [6.45, 7) is 0. The van der Waals surface area contributed by atoms with E-state index in [2.05, 4.69) is 206 Å². The fourth-order valence-corrected chi connectivity index (χ4v) is 8.75. The van der Waals surface area contributed by atoms with Crippen LogP contribution in [0.5, 0.6) is 0 Å². The maximum absolute atomic E-state index is 5.04. The van der Waals surface area contributed by atoms with Gasteiger partial charge < -0.3 is 4.57 Å². The van der Waals surface area contributed by atoms with Crippen molar-refractivity contribution < 1.29 is 0 Å². The summed E-state index contributed by atoms with van der Waals surface area (Å²) in [5.74, 6) is 0.976. The SMILES string of the molecule is Cn1c(-c2ccccc2)nc2cc(-c3ccc(-c4ccc5c(-c6ccc7ccccc7c6)c6ccccc6c(-c6ccc7ccccc7c6)c5c4)cc3)ccc21. The summed E-state index contributed by atoms with van der Waals surface area (Å²) >= 11 is 0. The van der Waals surface area contributed by atoms with Crippen LogP contribution in [0.1, 0.15) is 0 Å². The molecule has 0 saturated carbocycles. The zero-order chi connectivity index (χ0) is 37.2. The van der Waals surface area contributed by atoms with E-state index in [4.69, 9.17) is 4.98 Å². The van der Waals surface area contributed by atoms with Crippen LogP contribution in [0.4, 0.5) is 0 Å². The molecule has 0 spiro atoms. The molecular formula is C54H36N2. The average molecular weight is 713 g/mol. The molecule has 10 aromatic carbocycles. The topological polar surface area (TPSA) is 17.8 Å². The van der Waals surface area contributed by atoms with Gasteiger partial charge in [0, 0.05) is 12.6 Å². The maximum Gasteiger partial charge on any atom is 0.140 e. The lowest BCUT2D eigenvalue weighted by molar-refractivity contribution is 0.959. The Morgan fingerprint density at radius 2 is 0.786 bits per heavy atom. The van der Waals surface area contributed by atoms with E-state index < -0.39 is 0 Å². The summed E-state index contributed by atoms with van der Waals surface area (Å²) < 4.78 is 2.18. The van der Waals surface area contributed by atoms with E-state index in [1.165, 1.54) is 82.0 Å². The third-order valence-corrected chi connectivity index (χ3v) is 11.6. The molecule has 11 rings (SSSR count). The van der Waals surface area contributed by atoms with Gasteiger partial charge in [-0.2, -0.15) is 0 Å². The number of imidazole rings is 1. The number of aromatic nitrogens is 2. The van der Waals surface area contributed by atoms with Gasteiger partial charge in [-0.25, -0.2) is 4.98 Å². The van der Waals surface area contributed by atoms with Crippen LogP contribution in [0.25, 0.3) is 110 Å². The van der Waals surface area contributed by atoms with Crippen LogP contribution in [0.2, 0.25) is 0 Å². The van der Waals surface area contributed by atoms with Crippen LogP contribution in [0.15, 0.2) is 200 Å². The summed E-state index contributed by atoms with van der Waals surface area (Å²) in [6, 6.07) is 73.1. The first-order valence-corrected chi connectivity index (χ1v) is 19.3. The van der Waals surface area contributed by atoms with Gasteiger partial charge in [0.25, 0.3) is 0 Å². The Morgan fingerprint density at radius 3 is 1.41 bits per heavy atom. The van der Waals surface area contributed by atoms with Gasteiger partial charge in [0.1, 0.15) is 5.82 Å². The minimum Gasteiger partial charge on any atom is -0.327 e. The van der Waals surface area contributed by atoms with Crippen molar-refractivity contribution in [3.05, 3.63) is 200 Å². The van der Waals surface area contributed by atoms with Crippen molar-refractivity contribution in [2.45, 2.75) is 0 Å². The summed E-state index contributed by atoms with van der Waals surface area (Å²) in [5.41, 5.74) is 12.9. The smallest absolute Gasteiger partial charge is 0.140 e. The van der Waals surface area contributed by atoms with E-state index in [1.54, 1.807) is 0 Å². The minimum absolute atomic E-state index is 0.976. The first-order chi connectivity index (χ1) is 27.7. The number of benzene rings is 10. The van der Waals surface area contributed by atoms with Gasteiger partial charge in [0.2, 0.25) is 0 Å². The number of nitrogens with zero attached hydrogens (tertiary/aromatic N) is 2. The monoisotopic (exact) mass is 712 g/mol.